The lowest BCUT2D eigenvalue weighted by molar-refractivity contribution is -0.145. The van der Waals surface area contributed by atoms with Gasteiger partial charge in [-0.15, -0.1) is 0 Å². The van der Waals surface area contributed by atoms with Crippen molar-refractivity contribution in [3.05, 3.63) is 59.7 Å². The van der Waals surface area contributed by atoms with Crippen LogP contribution in [0.5, 0.6) is 0 Å². The number of carboxylic acid groups (broad SMARTS) is 1. The van der Waals surface area contributed by atoms with Crippen LogP contribution in [0.15, 0.2) is 48.5 Å². The molecular weight excluding hydrogens is 436 g/mol. The predicted octanol–water partition coefficient (Wildman–Crippen LogP) is 3.11. The van der Waals surface area contributed by atoms with Gasteiger partial charge in [-0.2, -0.15) is 0 Å². The van der Waals surface area contributed by atoms with Gasteiger partial charge < -0.3 is 24.8 Å². The van der Waals surface area contributed by atoms with Crippen LogP contribution in [-0.2, 0) is 19.1 Å². The van der Waals surface area contributed by atoms with Crippen molar-refractivity contribution >= 4 is 18.0 Å². The van der Waals surface area contributed by atoms with Crippen LogP contribution >= 0.6 is 0 Å². The van der Waals surface area contributed by atoms with E-state index in [1.807, 2.05) is 24.3 Å². The number of carbonyl (C=O) groups is 3. The minimum absolute atomic E-state index is 0.0368. The van der Waals surface area contributed by atoms with Crippen molar-refractivity contribution in [1.82, 2.24) is 10.2 Å². The highest BCUT2D eigenvalue weighted by atomic mass is 16.5. The second-order valence-electron chi connectivity index (χ2n) is 8.79. The fraction of sp³-hybridized carbons (Fsp3) is 0.423. The van der Waals surface area contributed by atoms with E-state index in [2.05, 4.69) is 29.6 Å². The third-order valence-electron chi connectivity index (χ3n) is 6.59. The summed E-state index contributed by atoms with van der Waals surface area (Å²) in [6, 6.07) is 16.2. The van der Waals surface area contributed by atoms with Crippen LogP contribution in [0.3, 0.4) is 0 Å². The molecule has 2 N–H and O–H groups in total. The first-order chi connectivity index (χ1) is 16.4. The molecule has 1 aliphatic carbocycles. The van der Waals surface area contributed by atoms with Gasteiger partial charge in [0.2, 0.25) is 5.91 Å². The molecule has 0 spiro atoms. The molecule has 0 aromatic heterocycles. The predicted molar refractivity (Wildman–Crippen MR) is 125 cm³/mol. The molecule has 8 heteroatoms. The first-order valence-corrected chi connectivity index (χ1v) is 11.6. The van der Waals surface area contributed by atoms with Crippen molar-refractivity contribution in [3.63, 3.8) is 0 Å². The average molecular weight is 467 g/mol. The first-order valence-electron chi connectivity index (χ1n) is 11.6. The maximum absolute atomic E-state index is 12.8. The summed E-state index contributed by atoms with van der Waals surface area (Å²) in [4.78, 5) is 38.2. The largest absolute Gasteiger partial charge is 0.481 e. The fourth-order valence-electron chi connectivity index (χ4n) is 4.86. The van der Waals surface area contributed by atoms with Crippen molar-refractivity contribution < 1.29 is 29.0 Å². The van der Waals surface area contributed by atoms with Crippen LogP contribution in [0.1, 0.15) is 30.9 Å². The molecule has 1 heterocycles. The quantitative estimate of drug-likeness (QED) is 0.619. The molecule has 2 aliphatic rings. The molecule has 2 aromatic rings. The van der Waals surface area contributed by atoms with Crippen molar-refractivity contribution in [3.8, 4) is 11.1 Å². The molecule has 2 amide bonds. The zero-order valence-corrected chi connectivity index (χ0v) is 19.4. The van der Waals surface area contributed by atoms with Gasteiger partial charge in [-0.3, -0.25) is 9.59 Å². The molecule has 1 aliphatic heterocycles. The Balaban J connectivity index is 1.29. The molecule has 0 radical (unpaired) electrons. The minimum Gasteiger partial charge on any atom is -0.481 e. The van der Waals surface area contributed by atoms with E-state index in [1.165, 1.54) is 4.90 Å². The van der Waals surface area contributed by atoms with E-state index in [-0.39, 0.29) is 38.1 Å². The Labute approximate surface area is 198 Å². The lowest BCUT2D eigenvalue weighted by atomic mass is 9.98. The van der Waals surface area contributed by atoms with Gasteiger partial charge in [0.05, 0.1) is 12.0 Å². The van der Waals surface area contributed by atoms with Gasteiger partial charge in [-0.1, -0.05) is 55.5 Å². The van der Waals surface area contributed by atoms with Gasteiger partial charge in [0, 0.05) is 32.2 Å². The Morgan fingerprint density at radius 1 is 1.06 bits per heavy atom. The van der Waals surface area contributed by atoms with Crippen molar-refractivity contribution in [2.45, 2.75) is 25.9 Å². The summed E-state index contributed by atoms with van der Waals surface area (Å²) in [6.45, 7) is 4.52. The number of fused-ring (bicyclic) bond motifs is 3. The number of aliphatic carboxylic acids is 1. The molecule has 1 saturated heterocycles. The fourth-order valence-corrected chi connectivity index (χ4v) is 4.86. The number of hydrogen-bond acceptors (Lipinski definition) is 5. The van der Waals surface area contributed by atoms with E-state index in [9.17, 15) is 19.5 Å². The van der Waals surface area contributed by atoms with Crippen LogP contribution < -0.4 is 5.32 Å². The normalized spacial score (nSPS) is 19.9. The van der Waals surface area contributed by atoms with Gasteiger partial charge in [-0.25, -0.2) is 4.79 Å². The van der Waals surface area contributed by atoms with E-state index in [0.717, 1.165) is 22.3 Å². The highest BCUT2D eigenvalue weighted by Gasteiger charge is 2.41. The van der Waals surface area contributed by atoms with Crippen LogP contribution in [0, 0.1) is 11.8 Å². The molecule has 3 atom stereocenters. The molecule has 1 fully saturated rings. The Hall–Kier alpha value is -3.39. The summed E-state index contributed by atoms with van der Waals surface area (Å²) in [5.74, 6) is -2.49. The molecule has 180 valence electrons. The Morgan fingerprint density at radius 3 is 2.26 bits per heavy atom. The Bertz CT molecular complexity index is 1030. The van der Waals surface area contributed by atoms with Crippen LogP contribution in [-0.4, -0.2) is 66.9 Å². The number of hydrogen-bond donors (Lipinski definition) is 2. The topological polar surface area (TPSA) is 105 Å². The first kappa shape index (κ1) is 23.8. The van der Waals surface area contributed by atoms with Gasteiger partial charge in [0.25, 0.3) is 0 Å². The van der Waals surface area contributed by atoms with Crippen LogP contribution in [0.4, 0.5) is 4.79 Å². The maximum Gasteiger partial charge on any atom is 0.407 e. The summed E-state index contributed by atoms with van der Waals surface area (Å²) in [7, 11) is 0. The highest BCUT2D eigenvalue weighted by Crippen LogP contribution is 2.44. The molecular formula is C26H30N2O6. The number of nitrogens with zero attached hydrogens (tertiary/aromatic N) is 1. The van der Waals surface area contributed by atoms with Gasteiger partial charge in [0.1, 0.15) is 12.5 Å². The van der Waals surface area contributed by atoms with E-state index >= 15 is 0 Å². The van der Waals surface area contributed by atoms with Gasteiger partial charge in [-0.05, 0) is 29.2 Å². The van der Waals surface area contributed by atoms with Crippen molar-refractivity contribution in [1.29, 1.82) is 0 Å². The van der Waals surface area contributed by atoms with Crippen molar-refractivity contribution in [2.24, 2.45) is 11.8 Å². The number of carboxylic acids is 1. The monoisotopic (exact) mass is 466 g/mol. The molecule has 3 unspecified atom stereocenters. The third-order valence-corrected chi connectivity index (χ3v) is 6.59. The van der Waals surface area contributed by atoms with E-state index < -0.39 is 30.0 Å². The number of nitrogens with one attached hydrogen (secondary N) is 1. The lowest BCUT2D eigenvalue weighted by Crippen LogP contribution is -2.40. The van der Waals surface area contributed by atoms with Crippen LogP contribution in [0.25, 0.3) is 11.1 Å². The SMILES string of the molecule is CCOC1CN(C(=O)C(C)CNC(=O)OCC2c3ccccc3-c3ccccc32)CC1C(=O)O. The average Bonchev–Trinajstić information content (AvgIpc) is 3.40. The van der Waals surface area contributed by atoms with Gasteiger partial charge in [0.15, 0.2) is 0 Å². The standard InChI is InChI=1S/C26H30N2O6/c1-3-33-23-14-28(13-21(23)25(30)31)24(29)16(2)12-27-26(32)34-15-22-19-10-6-4-8-17(19)18-9-5-7-11-20(18)22/h4-11,16,21-23H,3,12-15H2,1-2H3,(H,27,32)(H,30,31). The molecule has 2 aromatic carbocycles. The maximum atomic E-state index is 12.8. The molecule has 0 saturated carbocycles. The smallest absolute Gasteiger partial charge is 0.407 e. The van der Waals surface area contributed by atoms with E-state index in [4.69, 9.17) is 9.47 Å². The highest BCUT2D eigenvalue weighted by molar-refractivity contribution is 5.82. The van der Waals surface area contributed by atoms with E-state index in [1.54, 1.807) is 13.8 Å². The molecule has 8 nitrogen and oxygen atoms in total. The third kappa shape index (κ3) is 4.77. The van der Waals surface area contributed by atoms with Crippen molar-refractivity contribution in [2.75, 3.05) is 32.8 Å². The number of benzene rings is 2. The van der Waals surface area contributed by atoms with Crippen LogP contribution in [0.2, 0.25) is 0 Å². The zero-order valence-electron chi connectivity index (χ0n) is 19.4. The Morgan fingerprint density at radius 2 is 1.68 bits per heavy atom. The summed E-state index contributed by atoms with van der Waals surface area (Å²) < 4.78 is 11.0. The molecule has 4 rings (SSSR count). The molecule has 34 heavy (non-hydrogen) atoms. The minimum atomic E-state index is -0.974. The number of alkyl carbamates (subject to hydrolysis) is 1. The Kier molecular flexibility index (Phi) is 7.17. The summed E-state index contributed by atoms with van der Waals surface area (Å²) in [6.07, 6.45) is -1.10. The summed E-state index contributed by atoms with van der Waals surface area (Å²) >= 11 is 0. The number of amides is 2. The zero-order chi connectivity index (χ0) is 24.2. The lowest BCUT2D eigenvalue weighted by Gasteiger charge is -2.21. The summed E-state index contributed by atoms with van der Waals surface area (Å²) in [5.41, 5.74) is 4.57. The second-order valence-corrected chi connectivity index (χ2v) is 8.79. The molecule has 0 bridgehead atoms. The number of rotatable bonds is 8. The number of ether oxygens (including phenoxy) is 2. The number of likely N-dealkylation sites (tertiary alicyclic amines) is 1. The van der Waals surface area contributed by atoms with E-state index in [0.29, 0.717) is 6.61 Å². The number of carbonyl (C=O) groups excluding carboxylic acids is 2. The van der Waals surface area contributed by atoms with Gasteiger partial charge >= 0.3 is 12.1 Å². The summed E-state index contributed by atoms with van der Waals surface area (Å²) in [5, 5.41) is 12.1. The second kappa shape index (κ2) is 10.3.